The molecule has 45 heavy (non-hydrogen) atoms. The summed E-state index contributed by atoms with van der Waals surface area (Å²) in [6, 6.07) is 18.6. The van der Waals surface area contributed by atoms with E-state index in [-0.39, 0.29) is 5.56 Å². The number of carbonyl (C=O) groups excluding carboxylic acids is 3. The molecule has 3 N–H and O–H groups in total. The minimum atomic E-state index is -4.65. The molecule has 5 rings (SSSR count). The first-order chi connectivity index (χ1) is 21.2. The second-order valence-corrected chi connectivity index (χ2v) is 11.7. The fourth-order valence-electron chi connectivity index (χ4n) is 5.18. The molecule has 9 nitrogen and oxygen atoms in total. The van der Waals surface area contributed by atoms with Gasteiger partial charge in [-0.05, 0) is 69.2 Å². The standard InChI is InChI=1S/C33H32F3N5O4/c1-19(38-31(44)45-32(2,3)4)20-10-8-11-21(16-20)26-25-18-37-41(24-14-6-5-7-15-24)28(25)40-30(43)27(26)39-29(42)22-12-9-13-23(17-22)33(34,35)36/h5-19,26-27H,1-4H3,(H,38,44)(H,39,42)(H,40,43)/t19-,26+,27-/m0/s1. The van der Waals surface area contributed by atoms with Crippen LogP contribution in [0.1, 0.15) is 72.3 Å². The van der Waals surface area contributed by atoms with Crippen molar-refractivity contribution in [2.24, 2.45) is 0 Å². The van der Waals surface area contributed by atoms with Gasteiger partial charge in [0.2, 0.25) is 5.91 Å². The van der Waals surface area contributed by atoms with Crippen molar-refractivity contribution in [3.63, 3.8) is 0 Å². The number of aromatic nitrogens is 2. The Morgan fingerprint density at radius 2 is 1.69 bits per heavy atom. The van der Waals surface area contributed by atoms with Crippen molar-refractivity contribution >= 4 is 23.7 Å². The number of ether oxygens (including phenoxy) is 1. The van der Waals surface area contributed by atoms with E-state index in [9.17, 15) is 27.6 Å². The van der Waals surface area contributed by atoms with Crippen LogP contribution in [0.4, 0.5) is 23.8 Å². The van der Waals surface area contributed by atoms with Gasteiger partial charge in [-0.1, -0.05) is 48.5 Å². The van der Waals surface area contributed by atoms with E-state index in [1.807, 2.05) is 30.3 Å². The number of carbonyl (C=O) groups is 3. The normalized spacial score (nSPS) is 17.1. The average Bonchev–Trinajstić information content (AvgIpc) is 3.39. The number of nitrogens with zero attached hydrogens (tertiary/aromatic N) is 2. The number of rotatable bonds is 6. The number of fused-ring (bicyclic) bond motifs is 1. The second kappa shape index (κ2) is 12.1. The van der Waals surface area contributed by atoms with Crippen molar-refractivity contribution in [3.8, 4) is 5.69 Å². The van der Waals surface area contributed by atoms with E-state index in [0.29, 0.717) is 28.2 Å². The van der Waals surface area contributed by atoms with Gasteiger partial charge in [0.15, 0.2) is 0 Å². The summed E-state index contributed by atoms with van der Waals surface area (Å²) in [6.45, 7) is 7.05. The third kappa shape index (κ3) is 7.00. The predicted molar refractivity (Wildman–Crippen MR) is 161 cm³/mol. The maximum atomic E-state index is 13.7. The monoisotopic (exact) mass is 619 g/mol. The van der Waals surface area contributed by atoms with Crippen LogP contribution in [0.15, 0.2) is 85.1 Å². The van der Waals surface area contributed by atoms with Crippen LogP contribution in [0.5, 0.6) is 0 Å². The van der Waals surface area contributed by atoms with Crippen LogP contribution in [0, 0.1) is 0 Å². The Bertz CT molecular complexity index is 1730. The van der Waals surface area contributed by atoms with Gasteiger partial charge in [-0.2, -0.15) is 18.3 Å². The van der Waals surface area contributed by atoms with E-state index in [1.54, 1.807) is 62.8 Å². The van der Waals surface area contributed by atoms with Crippen LogP contribution in [-0.2, 0) is 15.7 Å². The smallest absolute Gasteiger partial charge is 0.416 e. The number of alkyl halides is 3. The molecule has 3 amide bonds. The van der Waals surface area contributed by atoms with Gasteiger partial charge in [0, 0.05) is 17.0 Å². The molecule has 1 aliphatic rings. The van der Waals surface area contributed by atoms with Gasteiger partial charge < -0.3 is 20.7 Å². The minimum Gasteiger partial charge on any atom is -0.444 e. The predicted octanol–water partition coefficient (Wildman–Crippen LogP) is 6.36. The molecule has 0 bridgehead atoms. The minimum absolute atomic E-state index is 0.244. The number of halogens is 3. The van der Waals surface area contributed by atoms with Crippen molar-refractivity contribution in [2.75, 3.05) is 5.32 Å². The highest BCUT2D eigenvalue weighted by molar-refractivity contribution is 6.04. The zero-order valence-electron chi connectivity index (χ0n) is 25.0. The van der Waals surface area contributed by atoms with Crippen LogP contribution in [-0.4, -0.2) is 39.3 Å². The molecule has 3 atom stereocenters. The van der Waals surface area contributed by atoms with Crippen molar-refractivity contribution in [3.05, 3.63) is 113 Å². The zero-order chi connectivity index (χ0) is 32.5. The van der Waals surface area contributed by atoms with Crippen LogP contribution >= 0.6 is 0 Å². The summed E-state index contributed by atoms with van der Waals surface area (Å²) in [5.41, 5.74) is 0.664. The lowest BCUT2D eigenvalue weighted by Crippen LogP contribution is -2.50. The van der Waals surface area contributed by atoms with E-state index in [2.05, 4.69) is 21.0 Å². The maximum Gasteiger partial charge on any atom is 0.416 e. The third-order valence-electron chi connectivity index (χ3n) is 7.23. The number of alkyl carbamates (subject to hydrolysis) is 1. The lowest BCUT2D eigenvalue weighted by molar-refractivity contribution is -0.137. The average molecular weight is 620 g/mol. The molecule has 234 valence electrons. The summed E-state index contributed by atoms with van der Waals surface area (Å²) < 4.78 is 47.1. The summed E-state index contributed by atoms with van der Waals surface area (Å²) in [7, 11) is 0. The SMILES string of the molecule is C[C@H](NC(=O)OC(C)(C)C)c1cccc([C@@H]2c3cnn(-c4ccccc4)c3NC(=O)[C@H]2NC(=O)c2cccc(C(F)(F)F)c2)c1. The Hall–Kier alpha value is -5.13. The Morgan fingerprint density at radius 1 is 0.978 bits per heavy atom. The molecule has 0 aliphatic carbocycles. The summed E-state index contributed by atoms with van der Waals surface area (Å²) in [5.74, 6) is -1.81. The quantitative estimate of drug-likeness (QED) is 0.233. The molecule has 2 heterocycles. The highest BCUT2D eigenvalue weighted by atomic mass is 19.4. The van der Waals surface area contributed by atoms with Crippen LogP contribution in [0.25, 0.3) is 5.69 Å². The van der Waals surface area contributed by atoms with E-state index in [0.717, 1.165) is 18.2 Å². The van der Waals surface area contributed by atoms with Gasteiger partial charge in [-0.25, -0.2) is 9.48 Å². The van der Waals surface area contributed by atoms with E-state index >= 15 is 0 Å². The number of amides is 3. The van der Waals surface area contributed by atoms with Crippen LogP contribution in [0.3, 0.4) is 0 Å². The first-order valence-corrected chi connectivity index (χ1v) is 14.2. The molecule has 0 radical (unpaired) electrons. The number of nitrogens with one attached hydrogen (secondary N) is 3. The highest BCUT2D eigenvalue weighted by Gasteiger charge is 2.41. The first kappa shape index (κ1) is 31.3. The molecule has 0 unspecified atom stereocenters. The Kier molecular flexibility index (Phi) is 8.42. The Morgan fingerprint density at radius 3 is 2.38 bits per heavy atom. The summed E-state index contributed by atoms with van der Waals surface area (Å²) in [5, 5.41) is 12.8. The molecular weight excluding hydrogens is 587 g/mol. The number of para-hydroxylation sites is 1. The van der Waals surface area contributed by atoms with Gasteiger partial charge in [-0.15, -0.1) is 0 Å². The van der Waals surface area contributed by atoms with Gasteiger partial charge in [0.05, 0.1) is 23.5 Å². The van der Waals surface area contributed by atoms with E-state index < -0.39 is 53.2 Å². The summed E-state index contributed by atoms with van der Waals surface area (Å²) in [4.78, 5) is 39.5. The topological polar surface area (TPSA) is 114 Å². The molecule has 4 aromatic rings. The molecule has 1 aliphatic heterocycles. The second-order valence-electron chi connectivity index (χ2n) is 11.7. The molecule has 0 saturated carbocycles. The lowest BCUT2D eigenvalue weighted by atomic mass is 9.82. The molecule has 0 saturated heterocycles. The molecule has 3 aromatic carbocycles. The van der Waals surface area contributed by atoms with Gasteiger partial charge >= 0.3 is 12.3 Å². The van der Waals surface area contributed by atoms with Crippen molar-refractivity contribution < 1.29 is 32.3 Å². The number of benzene rings is 3. The van der Waals surface area contributed by atoms with E-state index in [1.165, 1.54) is 6.07 Å². The van der Waals surface area contributed by atoms with E-state index in [4.69, 9.17) is 4.74 Å². The molecule has 0 fully saturated rings. The molecule has 0 spiro atoms. The first-order valence-electron chi connectivity index (χ1n) is 14.2. The Labute approximate surface area is 257 Å². The fraction of sp³-hybridized carbons (Fsp3) is 0.273. The van der Waals surface area contributed by atoms with Crippen molar-refractivity contribution in [2.45, 2.75) is 57.5 Å². The molecular formula is C33H32F3N5O4. The van der Waals surface area contributed by atoms with Crippen molar-refractivity contribution in [1.29, 1.82) is 0 Å². The van der Waals surface area contributed by atoms with Gasteiger partial charge in [0.25, 0.3) is 5.91 Å². The maximum absolute atomic E-state index is 13.7. The molecule has 12 heteroatoms. The van der Waals surface area contributed by atoms with Crippen LogP contribution < -0.4 is 16.0 Å². The summed E-state index contributed by atoms with van der Waals surface area (Å²) in [6.07, 6.45) is -3.66. The lowest BCUT2D eigenvalue weighted by Gasteiger charge is -2.33. The summed E-state index contributed by atoms with van der Waals surface area (Å²) >= 11 is 0. The van der Waals surface area contributed by atoms with Gasteiger partial charge in [0.1, 0.15) is 17.5 Å². The Balaban J connectivity index is 1.53. The molecule has 1 aromatic heterocycles. The highest BCUT2D eigenvalue weighted by Crippen LogP contribution is 2.39. The number of hydrogen-bond acceptors (Lipinski definition) is 5. The fourth-order valence-corrected chi connectivity index (χ4v) is 5.18. The van der Waals surface area contributed by atoms with Gasteiger partial charge in [-0.3, -0.25) is 9.59 Å². The zero-order valence-corrected chi connectivity index (χ0v) is 25.0. The number of hydrogen-bond donors (Lipinski definition) is 3. The largest absolute Gasteiger partial charge is 0.444 e. The third-order valence-corrected chi connectivity index (χ3v) is 7.23. The number of anilines is 1. The van der Waals surface area contributed by atoms with Crippen molar-refractivity contribution in [1.82, 2.24) is 20.4 Å². The van der Waals surface area contributed by atoms with Crippen LogP contribution in [0.2, 0.25) is 0 Å².